The number of H-pyrrole nitrogens is 1. The number of rotatable bonds is 9. The highest BCUT2D eigenvalue weighted by Gasteiger charge is 2.29. The number of imide groups is 1. The zero-order valence-electron chi connectivity index (χ0n) is 36.4. The number of carbonyl (C=O) groups is 3. The van der Waals surface area contributed by atoms with Crippen LogP contribution in [-0.2, 0) is 10.2 Å². The number of anilines is 3. The van der Waals surface area contributed by atoms with Crippen molar-refractivity contribution in [3.63, 3.8) is 0 Å². The number of amides is 4. The smallest absolute Gasteiger partial charge is 0.328 e. The molecule has 6 aromatic rings. The van der Waals surface area contributed by atoms with Gasteiger partial charge in [0.15, 0.2) is 5.82 Å². The van der Waals surface area contributed by atoms with Crippen LogP contribution in [-0.4, -0.2) is 100 Å². The summed E-state index contributed by atoms with van der Waals surface area (Å²) in [6.45, 7) is 19.5. The van der Waals surface area contributed by atoms with Crippen LogP contribution in [0.1, 0.15) is 86.2 Å². The van der Waals surface area contributed by atoms with Gasteiger partial charge in [0, 0.05) is 97.7 Å². The number of benzene rings is 3. The highest BCUT2D eigenvalue weighted by Crippen LogP contribution is 2.36. The van der Waals surface area contributed by atoms with E-state index in [4.69, 9.17) is 9.51 Å². The minimum atomic E-state index is -0.404. The molecule has 0 bridgehead atoms. The molecule has 4 amide bonds. The molecular formula is C47H55N11O4. The molecule has 3 aromatic carbocycles. The molecule has 6 heterocycles. The third-order valence-electron chi connectivity index (χ3n) is 12.8. The standard InChI is InChI=1S/C47H55N11O4/c1-28-23-32(7-10-35(28)30(3)50-43(60)44-53-45(54-62-44)47(4,5)6)41-40-36-11-8-34(25-37(36)51-42(40)49-27-48-41)57-21-19-55(20-22-57)26-31-13-16-56(17-14-31)33-9-12-38(29(2)24-33)58-18-15-39(59)52-46(58)61/h7-12,23-25,27,30-31H,13-22,26H2,1-6H3,(H,50,60)(H,48,49,51)(H,52,59,61)/t30-/m1/s1. The third-order valence-corrected chi connectivity index (χ3v) is 12.8. The first-order valence-corrected chi connectivity index (χ1v) is 21.8. The van der Waals surface area contributed by atoms with Crippen LogP contribution in [0.3, 0.4) is 0 Å². The zero-order chi connectivity index (χ0) is 43.3. The number of urea groups is 1. The van der Waals surface area contributed by atoms with E-state index >= 15 is 0 Å². The van der Waals surface area contributed by atoms with Crippen molar-refractivity contribution in [1.82, 2.24) is 40.6 Å². The van der Waals surface area contributed by atoms with Crippen LogP contribution >= 0.6 is 0 Å². The summed E-state index contributed by atoms with van der Waals surface area (Å²) in [4.78, 5) is 63.5. The lowest BCUT2D eigenvalue weighted by atomic mass is 9.95. The molecule has 3 saturated heterocycles. The van der Waals surface area contributed by atoms with E-state index in [1.54, 1.807) is 11.2 Å². The first kappa shape index (κ1) is 41.0. The van der Waals surface area contributed by atoms with Crippen LogP contribution in [0.4, 0.5) is 21.9 Å². The van der Waals surface area contributed by atoms with Crippen LogP contribution in [0.15, 0.2) is 65.4 Å². The van der Waals surface area contributed by atoms with Gasteiger partial charge in [-0.2, -0.15) is 4.98 Å². The number of hydrogen-bond donors (Lipinski definition) is 3. The molecule has 62 heavy (non-hydrogen) atoms. The van der Waals surface area contributed by atoms with E-state index in [1.807, 2.05) is 53.7 Å². The largest absolute Gasteiger partial charge is 0.372 e. The first-order chi connectivity index (χ1) is 29.8. The minimum Gasteiger partial charge on any atom is -0.372 e. The molecule has 0 aliphatic carbocycles. The Kier molecular flexibility index (Phi) is 10.9. The average Bonchev–Trinajstić information content (AvgIpc) is 3.91. The van der Waals surface area contributed by atoms with Gasteiger partial charge in [-0.05, 0) is 92.6 Å². The normalized spacial score (nSPS) is 17.5. The van der Waals surface area contributed by atoms with E-state index < -0.39 is 5.91 Å². The Morgan fingerprint density at radius 3 is 2.34 bits per heavy atom. The lowest BCUT2D eigenvalue weighted by Gasteiger charge is -2.40. The summed E-state index contributed by atoms with van der Waals surface area (Å²) >= 11 is 0. The van der Waals surface area contributed by atoms with Crippen molar-refractivity contribution in [2.75, 3.05) is 67.1 Å². The van der Waals surface area contributed by atoms with Crippen molar-refractivity contribution < 1.29 is 18.9 Å². The lowest BCUT2D eigenvalue weighted by molar-refractivity contribution is -0.120. The molecular weight excluding hydrogens is 783 g/mol. The van der Waals surface area contributed by atoms with E-state index in [1.165, 1.54) is 11.4 Å². The maximum Gasteiger partial charge on any atom is 0.328 e. The Morgan fingerprint density at radius 2 is 1.63 bits per heavy atom. The van der Waals surface area contributed by atoms with Gasteiger partial charge in [0.25, 0.3) is 0 Å². The van der Waals surface area contributed by atoms with Gasteiger partial charge in [0.05, 0.1) is 17.1 Å². The van der Waals surface area contributed by atoms with Gasteiger partial charge < -0.3 is 24.6 Å². The number of aromatic nitrogens is 5. The quantitative estimate of drug-likeness (QED) is 0.137. The van der Waals surface area contributed by atoms with E-state index in [0.29, 0.717) is 24.7 Å². The molecule has 3 aliphatic rings. The highest BCUT2D eigenvalue weighted by molar-refractivity contribution is 6.12. The highest BCUT2D eigenvalue weighted by atomic mass is 16.5. The van der Waals surface area contributed by atoms with Gasteiger partial charge in [-0.3, -0.25) is 24.7 Å². The van der Waals surface area contributed by atoms with Gasteiger partial charge in [0.2, 0.25) is 5.91 Å². The van der Waals surface area contributed by atoms with Gasteiger partial charge in [-0.1, -0.05) is 44.1 Å². The fourth-order valence-electron chi connectivity index (χ4n) is 9.26. The predicted molar refractivity (Wildman–Crippen MR) is 241 cm³/mol. The van der Waals surface area contributed by atoms with Crippen molar-refractivity contribution in [2.24, 2.45) is 5.92 Å². The maximum absolute atomic E-state index is 13.0. The van der Waals surface area contributed by atoms with E-state index in [2.05, 4.69) is 87.9 Å². The molecule has 3 aromatic heterocycles. The number of hydrogen-bond acceptors (Lipinski definition) is 11. The van der Waals surface area contributed by atoms with Crippen molar-refractivity contribution in [2.45, 2.75) is 72.3 Å². The summed E-state index contributed by atoms with van der Waals surface area (Å²) in [5.41, 5.74) is 9.65. The fourth-order valence-corrected chi connectivity index (χ4v) is 9.26. The molecule has 3 fully saturated rings. The lowest BCUT2D eigenvalue weighted by Crippen LogP contribution is -2.49. The first-order valence-electron chi connectivity index (χ1n) is 21.8. The van der Waals surface area contributed by atoms with E-state index in [0.717, 1.165) is 114 Å². The summed E-state index contributed by atoms with van der Waals surface area (Å²) in [6, 6.07) is 18.5. The minimum absolute atomic E-state index is 0.0439. The molecule has 0 unspecified atom stereocenters. The summed E-state index contributed by atoms with van der Waals surface area (Å²) in [5.74, 6) is 0.492. The number of nitrogens with zero attached hydrogens (tertiary/aromatic N) is 8. The van der Waals surface area contributed by atoms with Gasteiger partial charge >= 0.3 is 17.8 Å². The van der Waals surface area contributed by atoms with Crippen LogP contribution in [0.2, 0.25) is 0 Å². The Morgan fingerprint density at radius 1 is 0.887 bits per heavy atom. The van der Waals surface area contributed by atoms with Crippen LogP contribution in [0, 0.1) is 19.8 Å². The molecule has 15 heteroatoms. The number of fused-ring (bicyclic) bond motifs is 3. The second-order valence-electron chi connectivity index (χ2n) is 18.2. The van der Waals surface area contributed by atoms with Crippen molar-refractivity contribution in [3.05, 3.63) is 89.3 Å². The third kappa shape index (κ3) is 8.20. The summed E-state index contributed by atoms with van der Waals surface area (Å²) in [5, 5.41) is 11.5. The molecule has 0 spiro atoms. The SMILES string of the molecule is Cc1cc(-c2ncnc3[nH]c4cc(N5CCN(CC6CCN(c7ccc(N8CCC(=O)NC8=O)c(C)c7)CC6)CC5)ccc4c23)ccc1[C@@H](C)NC(=O)c1nc(C(C)(C)C)no1. The number of nitrogens with one attached hydrogen (secondary N) is 3. The Balaban J connectivity index is 0.802. The number of piperazine rings is 1. The van der Waals surface area contributed by atoms with Crippen LogP contribution in [0.25, 0.3) is 33.2 Å². The molecule has 9 rings (SSSR count). The Bertz CT molecular complexity index is 2670. The predicted octanol–water partition coefficient (Wildman–Crippen LogP) is 7.05. The topological polar surface area (TPSA) is 169 Å². The van der Waals surface area contributed by atoms with Gasteiger partial charge in [-0.25, -0.2) is 14.8 Å². The molecule has 3 aliphatic heterocycles. The Hall–Kier alpha value is -6.35. The monoisotopic (exact) mass is 837 g/mol. The summed E-state index contributed by atoms with van der Waals surface area (Å²) < 4.78 is 5.26. The zero-order valence-corrected chi connectivity index (χ0v) is 36.4. The summed E-state index contributed by atoms with van der Waals surface area (Å²) in [6.07, 6.45) is 4.24. The second-order valence-corrected chi connectivity index (χ2v) is 18.2. The van der Waals surface area contributed by atoms with Crippen molar-refractivity contribution in [3.8, 4) is 11.3 Å². The fraction of sp³-hybridized carbons (Fsp3) is 0.426. The number of aromatic amines is 1. The molecule has 322 valence electrons. The molecule has 0 saturated carbocycles. The van der Waals surface area contributed by atoms with Gasteiger partial charge in [-0.15, -0.1) is 0 Å². The number of piperidine rings is 1. The molecule has 0 radical (unpaired) electrons. The van der Waals surface area contributed by atoms with E-state index in [-0.39, 0.29) is 29.3 Å². The molecule has 1 atom stereocenters. The maximum atomic E-state index is 13.0. The Labute approximate surface area is 361 Å². The molecule has 3 N–H and O–H groups in total. The van der Waals surface area contributed by atoms with Crippen LogP contribution < -0.4 is 25.3 Å². The van der Waals surface area contributed by atoms with Crippen molar-refractivity contribution in [1.29, 1.82) is 0 Å². The molecule has 15 nitrogen and oxygen atoms in total. The van der Waals surface area contributed by atoms with Crippen molar-refractivity contribution >= 4 is 56.8 Å². The van der Waals surface area contributed by atoms with Crippen LogP contribution in [0.5, 0.6) is 0 Å². The summed E-state index contributed by atoms with van der Waals surface area (Å²) in [7, 11) is 0. The number of carbonyl (C=O) groups excluding carboxylic acids is 3. The van der Waals surface area contributed by atoms with Gasteiger partial charge in [0.1, 0.15) is 12.0 Å². The van der Waals surface area contributed by atoms with E-state index in [9.17, 15) is 14.4 Å². The second kappa shape index (κ2) is 16.5. The number of aryl methyl sites for hydroxylation is 2. The average molecular weight is 838 g/mol.